The van der Waals surface area contributed by atoms with Gasteiger partial charge < -0.3 is 20.3 Å². The van der Waals surface area contributed by atoms with Crippen LogP contribution in [-0.2, 0) is 14.3 Å². The first-order chi connectivity index (χ1) is 33.0. The zero-order valence-corrected chi connectivity index (χ0v) is 44.9. The lowest BCUT2D eigenvalue weighted by Gasteiger charge is -2.22. The van der Waals surface area contributed by atoms with Gasteiger partial charge in [0.15, 0.2) is 0 Å². The zero-order valence-electron chi connectivity index (χ0n) is 44.9. The van der Waals surface area contributed by atoms with Gasteiger partial charge >= 0.3 is 5.97 Å². The minimum Gasteiger partial charge on any atom is -0.466 e. The van der Waals surface area contributed by atoms with Crippen LogP contribution in [-0.4, -0.2) is 47.4 Å². The van der Waals surface area contributed by atoms with Crippen LogP contribution in [0.4, 0.5) is 0 Å². The van der Waals surface area contributed by atoms with Gasteiger partial charge in [0.1, 0.15) is 0 Å². The fourth-order valence-corrected chi connectivity index (χ4v) is 9.10. The van der Waals surface area contributed by atoms with Crippen molar-refractivity contribution in [1.82, 2.24) is 5.32 Å². The summed E-state index contributed by atoms with van der Waals surface area (Å²) in [4.78, 5) is 24.5. The standard InChI is InChI=1S/C61H115NO5/c1-3-5-7-9-11-13-15-17-18-19-20-21-22-23-24-25-26-27-30-33-37-41-45-49-53-59(64)58(57-63)62-60(65)54-50-46-42-38-34-31-28-32-36-40-44-48-52-56-67-61(66)55-51-47-43-39-35-29-16-14-12-10-8-6-4-2/h14,16,31,34,42,46,58-59,63-64H,3-13,15,17-30,32-33,35-41,43-45,47-57H2,1-2H3,(H,62,65)/b16-14-,34-31-,46-42-. The molecule has 394 valence electrons. The van der Waals surface area contributed by atoms with Gasteiger partial charge in [-0.15, -0.1) is 0 Å². The second kappa shape index (κ2) is 56.7. The molecule has 0 aromatic carbocycles. The summed E-state index contributed by atoms with van der Waals surface area (Å²) >= 11 is 0. The molecular formula is C61H115NO5. The molecule has 2 unspecified atom stereocenters. The largest absolute Gasteiger partial charge is 0.466 e. The SMILES string of the molecule is CCCCCC/C=C\CCCCCCCC(=O)OCCCCCCCC/C=C\C/C=C\CCC(=O)NC(CO)C(O)CCCCCCCCCCCCCCCCCCCCCCCCCC. The highest BCUT2D eigenvalue weighted by Crippen LogP contribution is 2.17. The van der Waals surface area contributed by atoms with Gasteiger partial charge in [-0.05, 0) is 70.6 Å². The first-order valence-corrected chi connectivity index (χ1v) is 29.7. The van der Waals surface area contributed by atoms with Crippen LogP contribution in [0.1, 0.15) is 316 Å². The highest BCUT2D eigenvalue weighted by molar-refractivity contribution is 5.76. The normalized spacial score (nSPS) is 12.8. The average molecular weight is 943 g/mol. The van der Waals surface area contributed by atoms with E-state index >= 15 is 0 Å². The smallest absolute Gasteiger partial charge is 0.305 e. The van der Waals surface area contributed by atoms with E-state index in [9.17, 15) is 19.8 Å². The number of carbonyl (C=O) groups is 2. The van der Waals surface area contributed by atoms with Crippen LogP contribution in [0.3, 0.4) is 0 Å². The average Bonchev–Trinajstić information content (AvgIpc) is 3.33. The molecule has 0 heterocycles. The summed E-state index contributed by atoms with van der Waals surface area (Å²) in [6.45, 7) is 4.88. The third-order valence-electron chi connectivity index (χ3n) is 13.7. The van der Waals surface area contributed by atoms with E-state index in [0.29, 0.717) is 32.3 Å². The van der Waals surface area contributed by atoms with Crippen molar-refractivity contribution >= 4 is 11.9 Å². The summed E-state index contributed by atoms with van der Waals surface area (Å²) in [5.41, 5.74) is 0. The van der Waals surface area contributed by atoms with Crippen LogP contribution < -0.4 is 5.32 Å². The molecule has 0 saturated heterocycles. The number of aliphatic hydroxyl groups is 2. The molecule has 1 amide bonds. The number of rotatable bonds is 55. The van der Waals surface area contributed by atoms with Gasteiger partial charge in [0.05, 0.1) is 25.4 Å². The minimum atomic E-state index is -0.701. The molecule has 0 spiro atoms. The van der Waals surface area contributed by atoms with E-state index in [1.807, 2.05) is 6.08 Å². The number of ether oxygens (including phenoxy) is 1. The molecule has 6 heteroatoms. The highest BCUT2D eigenvalue weighted by Gasteiger charge is 2.19. The van der Waals surface area contributed by atoms with Gasteiger partial charge in [-0.2, -0.15) is 0 Å². The number of hydrogen-bond donors (Lipinski definition) is 3. The Morgan fingerprint density at radius 2 is 0.761 bits per heavy atom. The molecule has 0 bridgehead atoms. The number of amides is 1. The Labute approximate surface area is 417 Å². The van der Waals surface area contributed by atoms with Crippen molar-refractivity contribution in [3.05, 3.63) is 36.5 Å². The molecule has 0 aromatic heterocycles. The Hall–Kier alpha value is -1.92. The van der Waals surface area contributed by atoms with Crippen molar-refractivity contribution in [2.24, 2.45) is 0 Å². The highest BCUT2D eigenvalue weighted by atomic mass is 16.5. The van der Waals surface area contributed by atoms with Crippen molar-refractivity contribution in [1.29, 1.82) is 0 Å². The maximum Gasteiger partial charge on any atom is 0.305 e. The van der Waals surface area contributed by atoms with E-state index in [4.69, 9.17) is 4.74 Å². The first kappa shape index (κ1) is 65.1. The summed E-state index contributed by atoms with van der Waals surface area (Å²) in [6.07, 6.45) is 70.1. The summed E-state index contributed by atoms with van der Waals surface area (Å²) < 4.78 is 5.45. The van der Waals surface area contributed by atoms with Gasteiger partial charge in [0, 0.05) is 12.8 Å². The topological polar surface area (TPSA) is 95.9 Å². The van der Waals surface area contributed by atoms with Crippen LogP contribution in [0, 0.1) is 0 Å². The number of unbranched alkanes of at least 4 members (excludes halogenated alkanes) is 38. The monoisotopic (exact) mass is 942 g/mol. The third kappa shape index (κ3) is 53.3. The molecular weight excluding hydrogens is 827 g/mol. The van der Waals surface area contributed by atoms with Crippen LogP contribution in [0.25, 0.3) is 0 Å². The lowest BCUT2D eigenvalue weighted by atomic mass is 10.0. The summed E-state index contributed by atoms with van der Waals surface area (Å²) in [7, 11) is 0. The quantitative estimate of drug-likeness (QED) is 0.0321. The number of nitrogens with one attached hydrogen (secondary N) is 1. The van der Waals surface area contributed by atoms with E-state index < -0.39 is 12.1 Å². The molecule has 2 atom stereocenters. The van der Waals surface area contributed by atoms with Crippen LogP contribution in [0.15, 0.2) is 36.5 Å². The fourth-order valence-electron chi connectivity index (χ4n) is 9.10. The third-order valence-corrected chi connectivity index (χ3v) is 13.7. The second-order valence-electron chi connectivity index (χ2n) is 20.3. The molecule has 0 aliphatic rings. The number of allylic oxidation sites excluding steroid dienone is 6. The predicted molar refractivity (Wildman–Crippen MR) is 292 cm³/mol. The van der Waals surface area contributed by atoms with E-state index in [1.54, 1.807) is 0 Å². The van der Waals surface area contributed by atoms with Gasteiger partial charge in [0.2, 0.25) is 5.91 Å². The van der Waals surface area contributed by atoms with E-state index in [-0.39, 0.29) is 18.5 Å². The molecule has 0 rings (SSSR count). The van der Waals surface area contributed by atoms with E-state index in [0.717, 1.165) is 51.4 Å². The summed E-state index contributed by atoms with van der Waals surface area (Å²) in [5.74, 6) is -0.139. The Morgan fingerprint density at radius 3 is 1.19 bits per heavy atom. The van der Waals surface area contributed by atoms with Crippen LogP contribution >= 0.6 is 0 Å². The molecule has 0 aliphatic carbocycles. The van der Waals surface area contributed by atoms with Crippen LogP contribution in [0.5, 0.6) is 0 Å². The van der Waals surface area contributed by atoms with Crippen LogP contribution in [0.2, 0.25) is 0 Å². The zero-order chi connectivity index (χ0) is 48.6. The van der Waals surface area contributed by atoms with Crippen molar-refractivity contribution in [2.45, 2.75) is 328 Å². The Bertz CT molecular complexity index is 1090. The minimum absolute atomic E-state index is 0.0258. The van der Waals surface area contributed by atoms with Crippen molar-refractivity contribution in [2.75, 3.05) is 13.2 Å². The molecule has 0 aliphatic heterocycles. The second-order valence-corrected chi connectivity index (χ2v) is 20.3. The van der Waals surface area contributed by atoms with Gasteiger partial charge in [-0.1, -0.05) is 269 Å². The lowest BCUT2D eigenvalue weighted by Crippen LogP contribution is -2.45. The Morgan fingerprint density at radius 1 is 0.418 bits per heavy atom. The Kier molecular flexibility index (Phi) is 55.0. The number of esters is 1. The summed E-state index contributed by atoms with van der Waals surface area (Å²) in [6, 6.07) is -0.587. The van der Waals surface area contributed by atoms with Gasteiger partial charge in [0.25, 0.3) is 0 Å². The molecule has 0 fully saturated rings. The van der Waals surface area contributed by atoms with Crippen molar-refractivity contribution in [3.63, 3.8) is 0 Å². The number of carbonyl (C=O) groups excluding carboxylic acids is 2. The Balaban J connectivity index is 3.53. The first-order valence-electron chi connectivity index (χ1n) is 29.7. The molecule has 0 aromatic rings. The van der Waals surface area contributed by atoms with E-state index in [2.05, 4.69) is 49.5 Å². The molecule has 3 N–H and O–H groups in total. The maximum absolute atomic E-state index is 12.5. The van der Waals surface area contributed by atoms with E-state index in [1.165, 1.54) is 225 Å². The molecule has 0 saturated carbocycles. The number of hydrogen-bond acceptors (Lipinski definition) is 5. The number of aliphatic hydroxyl groups excluding tert-OH is 2. The molecule has 67 heavy (non-hydrogen) atoms. The predicted octanol–water partition coefficient (Wildman–Crippen LogP) is 18.4. The fraction of sp³-hybridized carbons (Fsp3) is 0.869. The lowest BCUT2D eigenvalue weighted by molar-refractivity contribution is -0.143. The summed E-state index contributed by atoms with van der Waals surface area (Å²) in [5, 5.41) is 23.3. The maximum atomic E-state index is 12.5. The molecule has 6 nitrogen and oxygen atoms in total. The van der Waals surface area contributed by atoms with Crippen molar-refractivity contribution in [3.8, 4) is 0 Å². The van der Waals surface area contributed by atoms with Crippen molar-refractivity contribution < 1.29 is 24.5 Å². The van der Waals surface area contributed by atoms with Gasteiger partial charge in [-0.25, -0.2) is 0 Å². The molecule has 0 radical (unpaired) electrons. The van der Waals surface area contributed by atoms with Gasteiger partial charge in [-0.3, -0.25) is 9.59 Å².